The lowest BCUT2D eigenvalue weighted by atomic mass is 10.2. The third-order valence-corrected chi connectivity index (χ3v) is 5.60. The number of rotatable bonds is 10. The van der Waals surface area contributed by atoms with Crippen molar-refractivity contribution in [1.82, 2.24) is 30.4 Å². The first-order valence-electron chi connectivity index (χ1n) is 11.6. The zero-order valence-corrected chi connectivity index (χ0v) is 19.8. The van der Waals surface area contributed by atoms with E-state index >= 15 is 0 Å². The highest BCUT2D eigenvalue weighted by molar-refractivity contribution is 5.74. The number of esters is 1. The van der Waals surface area contributed by atoms with Gasteiger partial charge in [0.2, 0.25) is 0 Å². The number of ether oxygens (including phenoxy) is 1. The molecule has 11 nitrogen and oxygen atoms in total. The molecule has 0 bridgehead atoms. The van der Waals surface area contributed by atoms with E-state index in [1.807, 2.05) is 18.7 Å². The summed E-state index contributed by atoms with van der Waals surface area (Å²) in [7, 11) is 0. The summed E-state index contributed by atoms with van der Waals surface area (Å²) in [6, 6.07) is -0.0394. The lowest BCUT2D eigenvalue weighted by Gasteiger charge is -2.21. The Balaban J connectivity index is 1.37. The number of urea groups is 1. The van der Waals surface area contributed by atoms with Crippen LogP contribution in [0.25, 0.3) is 11.5 Å². The lowest BCUT2D eigenvalue weighted by molar-refractivity contribution is -0.143. The molecule has 33 heavy (non-hydrogen) atoms. The van der Waals surface area contributed by atoms with Gasteiger partial charge in [0.15, 0.2) is 5.82 Å². The summed E-state index contributed by atoms with van der Waals surface area (Å²) in [6.45, 7) is 9.99. The molecule has 0 radical (unpaired) electrons. The third kappa shape index (κ3) is 7.28. The Morgan fingerprint density at radius 1 is 1.06 bits per heavy atom. The van der Waals surface area contributed by atoms with Crippen LogP contribution >= 0.6 is 0 Å². The van der Waals surface area contributed by atoms with Crippen LogP contribution in [0, 0.1) is 13.8 Å². The minimum Gasteiger partial charge on any atom is -0.466 e. The van der Waals surface area contributed by atoms with E-state index in [0.717, 1.165) is 50.0 Å². The molecule has 2 aromatic rings. The molecule has 0 aromatic carbocycles. The van der Waals surface area contributed by atoms with Gasteiger partial charge >= 0.3 is 12.0 Å². The van der Waals surface area contributed by atoms with E-state index in [1.54, 1.807) is 6.92 Å². The van der Waals surface area contributed by atoms with Crippen molar-refractivity contribution in [3.8, 4) is 11.5 Å². The van der Waals surface area contributed by atoms with E-state index in [-0.39, 0.29) is 12.0 Å². The quantitative estimate of drug-likeness (QED) is 0.419. The van der Waals surface area contributed by atoms with Gasteiger partial charge in [0.05, 0.1) is 18.8 Å². The first kappa shape index (κ1) is 24.7. The predicted octanol–water partition coefficient (Wildman–Crippen LogP) is 2.68. The zero-order valence-electron chi connectivity index (χ0n) is 19.8. The zero-order chi connectivity index (χ0) is 23.6. The number of hydrogen-bond donors (Lipinski definition) is 1. The Labute approximate surface area is 193 Å². The number of carbonyl (C=O) groups excluding carboxylic acids is 2. The maximum absolute atomic E-state index is 12.5. The van der Waals surface area contributed by atoms with Crippen molar-refractivity contribution in [3.63, 3.8) is 0 Å². The summed E-state index contributed by atoms with van der Waals surface area (Å²) < 4.78 is 15.5. The van der Waals surface area contributed by atoms with Crippen LogP contribution in [-0.2, 0) is 16.1 Å². The normalized spacial score (nSPS) is 14.8. The van der Waals surface area contributed by atoms with Gasteiger partial charge in [-0.15, -0.1) is 0 Å². The average molecular weight is 463 g/mol. The van der Waals surface area contributed by atoms with Gasteiger partial charge in [0.25, 0.3) is 5.89 Å². The molecule has 1 aliphatic rings. The van der Waals surface area contributed by atoms with Gasteiger partial charge < -0.3 is 24.0 Å². The van der Waals surface area contributed by atoms with Gasteiger partial charge in [-0.05, 0) is 40.0 Å². The highest BCUT2D eigenvalue weighted by Crippen LogP contribution is 2.25. The fourth-order valence-electron chi connectivity index (χ4n) is 3.85. The van der Waals surface area contributed by atoms with Gasteiger partial charge in [-0.25, -0.2) is 4.79 Å². The van der Waals surface area contributed by atoms with Crippen molar-refractivity contribution < 1.29 is 23.4 Å². The van der Waals surface area contributed by atoms with E-state index in [4.69, 9.17) is 13.8 Å². The molecule has 1 fully saturated rings. The summed E-state index contributed by atoms with van der Waals surface area (Å²) in [5.74, 6) is 1.51. The van der Waals surface area contributed by atoms with Gasteiger partial charge in [-0.3, -0.25) is 9.69 Å². The monoisotopic (exact) mass is 462 g/mol. The number of aryl methyl sites for hydroxylation is 2. The molecular formula is C22H34N6O5. The summed E-state index contributed by atoms with van der Waals surface area (Å²) in [5.41, 5.74) is 1.46. The Morgan fingerprint density at radius 3 is 2.67 bits per heavy atom. The molecule has 1 N–H and O–H groups in total. The molecule has 182 valence electrons. The molecule has 2 amide bonds. The van der Waals surface area contributed by atoms with Crippen LogP contribution in [0.1, 0.15) is 56.3 Å². The van der Waals surface area contributed by atoms with Crippen molar-refractivity contribution in [3.05, 3.63) is 17.3 Å². The molecule has 1 aliphatic heterocycles. The van der Waals surface area contributed by atoms with Gasteiger partial charge in [0.1, 0.15) is 11.3 Å². The second-order valence-electron chi connectivity index (χ2n) is 8.18. The smallest absolute Gasteiger partial charge is 0.317 e. The van der Waals surface area contributed by atoms with Gasteiger partial charge in [0, 0.05) is 39.1 Å². The maximum Gasteiger partial charge on any atom is 0.317 e. The summed E-state index contributed by atoms with van der Waals surface area (Å²) in [6.07, 6.45) is 3.82. The van der Waals surface area contributed by atoms with Gasteiger partial charge in [-0.1, -0.05) is 16.7 Å². The first-order valence-corrected chi connectivity index (χ1v) is 11.6. The molecule has 0 aliphatic carbocycles. The van der Waals surface area contributed by atoms with E-state index in [1.165, 1.54) is 0 Å². The van der Waals surface area contributed by atoms with Crippen LogP contribution in [-0.4, -0.2) is 76.4 Å². The predicted molar refractivity (Wildman–Crippen MR) is 119 cm³/mol. The number of carbonyl (C=O) groups is 2. The minimum atomic E-state index is -0.156. The molecule has 0 atom stereocenters. The summed E-state index contributed by atoms with van der Waals surface area (Å²) in [5, 5.41) is 11.0. The van der Waals surface area contributed by atoms with E-state index in [9.17, 15) is 9.59 Å². The number of aromatic nitrogens is 3. The van der Waals surface area contributed by atoms with Crippen LogP contribution in [0.15, 0.2) is 9.05 Å². The fourth-order valence-corrected chi connectivity index (χ4v) is 3.85. The van der Waals surface area contributed by atoms with E-state index in [0.29, 0.717) is 56.7 Å². The molecule has 0 spiro atoms. The minimum absolute atomic E-state index is 0.0394. The van der Waals surface area contributed by atoms with E-state index in [2.05, 4.69) is 25.5 Å². The largest absolute Gasteiger partial charge is 0.466 e. The molecule has 0 saturated carbocycles. The Kier molecular flexibility index (Phi) is 9.23. The Hall–Kier alpha value is -2.95. The average Bonchev–Trinajstić information content (AvgIpc) is 3.28. The lowest BCUT2D eigenvalue weighted by Crippen LogP contribution is -2.42. The molecule has 2 aromatic heterocycles. The highest BCUT2D eigenvalue weighted by atomic mass is 16.5. The van der Waals surface area contributed by atoms with Crippen molar-refractivity contribution in [2.45, 2.75) is 59.4 Å². The van der Waals surface area contributed by atoms with Gasteiger partial charge in [-0.2, -0.15) is 4.98 Å². The van der Waals surface area contributed by atoms with E-state index < -0.39 is 0 Å². The Morgan fingerprint density at radius 2 is 1.91 bits per heavy atom. The van der Waals surface area contributed by atoms with Crippen molar-refractivity contribution in [2.24, 2.45) is 0 Å². The fraction of sp³-hybridized carbons (Fsp3) is 0.682. The van der Waals surface area contributed by atoms with Crippen LogP contribution < -0.4 is 5.32 Å². The topological polar surface area (TPSA) is 127 Å². The van der Waals surface area contributed by atoms with Crippen LogP contribution in [0.4, 0.5) is 4.79 Å². The van der Waals surface area contributed by atoms with Crippen LogP contribution in [0.3, 0.4) is 0 Å². The maximum atomic E-state index is 12.5. The van der Waals surface area contributed by atoms with Crippen molar-refractivity contribution >= 4 is 12.0 Å². The van der Waals surface area contributed by atoms with Crippen LogP contribution in [0.2, 0.25) is 0 Å². The molecule has 0 unspecified atom stereocenters. The number of nitrogens with one attached hydrogen (secondary N) is 1. The third-order valence-electron chi connectivity index (χ3n) is 5.60. The number of amides is 2. The van der Waals surface area contributed by atoms with Crippen molar-refractivity contribution in [2.75, 3.05) is 39.3 Å². The summed E-state index contributed by atoms with van der Waals surface area (Å²) in [4.78, 5) is 32.4. The molecule has 1 saturated heterocycles. The number of nitrogens with zero attached hydrogens (tertiary/aromatic N) is 5. The van der Waals surface area contributed by atoms with Crippen molar-refractivity contribution in [1.29, 1.82) is 0 Å². The first-order chi connectivity index (χ1) is 16.0. The highest BCUT2D eigenvalue weighted by Gasteiger charge is 2.22. The number of unbranched alkanes of at least 4 members (excludes halogenated alkanes) is 2. The number of hydrogen-bond acceptors (Lipinski definition) is 9. The molecular weight excluding hydrogens is 428 g/mol. The Bertz CT molecular complexity index is 891. The second kappa shape index (κ2) is 12.3. The molecule has 3 heterocycles. The second-order valence-corrected chi connectivity index (χ2v) is 8.18. The summed E-state index contributed by atoms with van der Waals surface area (Å²) >= 11 is 0. The van der Waals surface area contributed by atoms with Crippen LogP contribution in [0.5, 0.6) is 0 Å². The molecule has 11 heteroatoms. The molecule has 3 rings (SSSR count). The SMILES string of the molecule is CCOC(=O)CCCCCNC(=O)N1CCCN(Cc2noc(-c3c(C)noc3C)n2)CC1. The standard InChI is InChI=1S/C22H34N6O5/c1-4-31-19(29)9-6-5-7-10-23-22(30)28-12-8-11-27(13-14-28)15-18-24-21(33-26-18)20-16(2)25-32-17(20)3/h4-15H2,1-3H3,(H,23,30).